The van der Waals surface area contributed by atoms with Gasteiger partial charge in [-0.05, 0) is 43.7 Å². The summed E-state index contributed by atoms with van der Waals surface area (Å²) in [5.74, 6) is 2.81. The molecule has 0 bridgehead atoms. The number of piperidine rings is 1. The highest BCUT2D eigenvalue weighted by molar-refractivity contribution is 5.79. The van der Waals surface area contributed by atoms with Crippen LogP contribution >= 0.6 is 0 Å². The van der Waals surface area contributed by atoms with E-state index in [2.05, 4.69) is 30.7 Å². The molecule has 2 aromatic heterocycles. The lowest BCUT2D eigenvalue weighted by Crippen LogP contribution is -2.49. The number of fused-ring (bicyclic) bond motifs is 1. The van der Waals surface area contributed by atoms with Crippen LogP contribution in [0.1, 0.15) is 50.8 Å². The molecule has 0 aromatic carbocycles. The van der Waals surface area contributed by atoms with Gasteiger partial charge in [0, 0.05) is 51.9 Å². The van der Waals surface area contributed by atoms with Crippen molar-refractivity contribution in [3.05, 3.63) is 30.2 Å². The van der Waals surface area contributed by atoms with Crippen LogP contribution < -0.4 is 10.6 Å². The summed E-state index contributed by atoms with van der Waals surface area (Å²) in [5.41, 5.74) is 0.894. The van der Waals surface area contributed by atoms with Gasteiger partial charge in [-0.3, -0.25) is 9.39 Å². The topological polar surface area (TPSA) is 69.8 Å². The van der Waals surface area contributed by atoms with Crippen LogP contribution in [-0.4, -0.2) is 64.7 Å². The number of pyridine rings is 1. The summed E-state index contributed by atoms with van der Waals surface area (Å²) in [7, 11) is 1.85. The highest BCUT2D eigenvalue weighted by Crippen LogP contribution is 2.25. The second kappa shape index (κ2) is 10.1. The Balaban J connectivity index is 1.18. The largest absolute Gasteiger partial charge is 0.356 e. The van der Waals surface area contributed by atoms with E-state index in [1.807, 2.05) is 35.8 Å². The van der Waals surface area contributed by atoms with Gasteiger partial charge in [-0.15, -0.1) is 10.2 Å². The number of likely N-dealkylation sites (tertiary alicyclic amines) is 1. The Morgan fingerprint density at radius 1 is 1.10 bits per heavy atom. The summed E-state index contributed by atoms with van der Waals surface area (Å²) in [6.07, 6.45) is 12.4. The van der Waals surface area contributed by atoms with E-state index in [1.54, 1.807) is 0 Å². The van der Waals surface area contributed by atoms with Crippen LogP contribution in [-0.2, 0) is 6.42 Å². The molecule has 4 rings (SSSR count). The highest BCUT2D eigenvalue weighted by atomic mass is 15.3. The first-order chi connectivity index (χ1) is 14.3. The van der Waals surface area contributed by atoms with Crippen molar-refractivity contribution in [2.75, 3.05) is 33.2 Å². The zero-order valence-electron chi connectivity index (χ0n) is 17.7. The number of rotatable bonds is 6. The van der Waals surface area contributed by atoms with Gasteiger partial charge in [0.1, 0.15) is 5.82 Å². The third-order valence-corrected chi connectivity index (χ3v) is 6.42. The highest BCUT2D eigenvalue weighted by Gasteiger charge is 2.23. The summed E-state index contributed by atoms with van der Waals surface area (Å²) in [5, 5.41) is 15.6. The van der Waals surface area contributed by atoms with Gasteiger partial charge in [0.25, 0.3) is 0 Å². The molecule has 2 aliphatic rings. The van der Waals surface area contributed by atoms with E-state index < -0.39 is 0 Å². The molecule has 1 saturated heterocycles. The van der Waals surface area contributed by atoms with Crippen molar-refractivity contribution in [3.63, 3.8) is 0 Å². The summed E-state index contributed by atoms with van der Waals surface area (Å²) in [6, 6.07) is 6.48. The molecule has 0 amide bonds. The average molecular weight is 398 g/mol. The van der Waals surface area contributed by atoms with E-state index in [-0.39, 0.29) is 0 Å². The lowest BCUT2D eigenvalue weighted by molar-refractivity contribution is 0.160. The maximum absolute atomic E-state index is 4.41. The van der Waals surface area contributed by atoms with Crippen molar-refractivity contribution in [1.29, 1.82) is 0 Å². The van der Waals surface area contributed by atoms with Gasteiger partial charge in [-0.2, -0.15) is 0 Å². The van der Waals surface area contributed by atoms with E-state index in [4.69, 9.17) is 0 Å². The van der Waals surface area contributed by atoms with Gasteiger partial charge in [-0.1, -0.05) is 25.3 Å². The van der Waals surface area contributed by atoms with Gasteiger partial charge in [-0.25, -0.2) is 0 Å². The third kappa shape index (κ3) is 5.47. The molecule has 7 heteroatoms. The Morgan fingerprint density at radius 2 is 1.93 bits per heavy atom. The molecule has 0 spiro atoms. The van der Waals surface area contributed by atoms with Gasteiger partial charge in [0.2, 0.25) is 0 Å². The fraction of sp³-hybridized carbons (Fsp3) is 0.682. The fourth-order valence-corrected chi connectivity index (χ4v) is 4.74. The molecule has 2 fully saturated rings. The lowest BCUT2D eigenvalue weighted by Gasteiger charge is -2.36. The van der Waals surface area contributed by atoms with E-state index in [0.29, 0.717) is 6.04 Å². The van der Waals surface area contributed by atoms with E-state index in [1.165, 1.54) is 64.6 Å². The fourth-order valence-electron chi connectivity index (χ4n) is 4.74. The standard InChI is InChI=1S/C22H35N7/c1-23-22(24-13-10-21-27-26-20-9-5-6-14-29(20)21)25-19-11-15-28(16-12-19)17-18-7-3-2-4-8-18/h5-6,9,14,18-19H,2-4,7-8,10-13,15-17H2,1H3,(H2,23,24,25). The maximum atomic E-state index is 4.41. The monoisotopic (exact) mass is 397 g/mol. The summed E-state index contributed by atoms with van der Waals surface area (Å²) in [4.78, 5) is 7.10. The number of aromatic nitrogens is 3. The first kappa shape index (κ1) is 20.1. The predicted molar refractivity (Wildman–Crippen MR) is 117 cm³/mol. The second-order valence-corrected chi connectivity index (χ2v) is 8.52. The molecule has 29 heavy (non-hydrogen) atoms. The Morgan fingerprint density at radius 3 is 2.72 bits per heavy atom. The number of nitrogens with zero attached hydrogens (tertiary/aromatic N) is 5. The molecule has 0 atom stereocenters. The third-order valence-electron chi connectivity index (χ3n) is 6.42. The Labute approximate surface area is 174 Å². The second-order valence-electron chi connectivity index (χ2n) is 8.52. The van der Waals surface area contributed by atoms with E-state index in [0.717, 1.165) is 36.3 Å². The van der Waals surface area contributed by atoms with Crippen LogP contribution in [0.3, 0.4) is 0 Å². The van der Waals surface area contributed by atoms with Crippen LogP contribution in [0.25, 0.3) is 5.65 Å². The minimum Gasteiger partial charge on any atom is -0.356 e. The summed E-state index contributed by atoms with van der Waals surface area (Å²) >= 11 is 0. The van der Waals surface area contributed by atoms with Crippen molar-refractivity contribution in [2.45, 2.75) is 57.4 Å². The molecule has 1 saturated carbocycles. The maximum Gasteiger partial charge on any atom is 0.191 e. The van der Waals surface area contributed by atoms with Crippen molar-refractivity contribution < 1.29 is 0 Å². The summed E-state index contributed by atoms with van der Waals surface area (Å²) < 4.78 is 2.04. The molecule has 1 aliphatic heterocycles. The molecule has 3 heterocycles. The first-order valence-electron chi connectivity index (χ1n) is 11.3. The number of aliphatic imine (C=N–C) groups is 1. The molecule has 7 nitrogen and oxygen atoms in total. The van der Waals surface area contributed by atoms with Crippen LogP contribution in [0.15, 0.2) is 29.4 Å². The van der Waals surface area contributed by atoms with Crippen LogP contribution in [0.4, 0.5) is 0 Å². The van der Waals surface area contributed by atoms with Gasteiger partial charge >= 0.3 is 0 Å². The Bertz CT molecular complexity index is 785. The molecule has 2 aromatic rings. The van der Waals surface area contributed by atoms with Crippen molar-refractivity contribution in [3.8, 4) is 0 Å². The Hall–Kier alpha value is -2.15. The molecule has 1 aliphatic carbocycles. The number of nitrogens with one attached hydrogen (secondary N) is 2. The van der Waals surface area contributed by atoms with Crippen LogP contribution in [0, 0.1) is 5.92 Å². The quantitative estimate of drug-likeness (QED) is 0.579. The molecule has 0 radical (unpaired) electrons. The Kier molecular flexibility index (Phi) is 6.98. The van der Waals surface area contributed by atoms with E-state index in [9.17, 15) is 0 Å². The zero-order chi connectivity index (χ0) is 19.9. The van der Waals surface area contributed by atoms with E-state index >= 15 is 0 Å². The molecular weight excluding hydrogens is 362 g/mol. The number of hydrogen-bond donors (Lipinski definition) is 2. The number of hydrogen-bond acceptors (Lipinski definition) is 4. The summed E-state index contributed by atoms with van der Waals surface area (Å²) in [6.45, 7) is 4.51. The zero-order valence-corrected chi connectivity index (χ0v) is 17.7. The molecule has 0 unspecified atom stereocenters. The normalized spacial score (nSPS) is 20.2. The lowest BCUT2D eigenvalue weighted by atomic mass is 9.88. The molecule has 2 N–H and O–H groups in total. The SMILES string of the molecule is CN=C(NCCc1nnc2ccccn12)NC1CCN(CC2CCCCC2)CC1. The van der Waals surface area contributed by atoms with Gasteiger partial charge < -0.3 is 15.5 Å². The van der Waals surface area contributed by atoms with Crippen molar-refractivity contribution >= 4 is 11.6 Å². The minimum absolute atomic E-state index is 0.512. The average Bonchev–Trinajstić information content (AvgIpc) is 3.18. The number of guanidine groups is 1. The van der Waals surface area contributed by atoms with Crippen LogP contribution in [0.2, 0.25) is 0 Å². The smallest absolute Gasteiger partial charge is 0.191 e. The van der Waals surface area contributed by atoms with Crippen LogP contribution in [0.5, 0.6) is 0 Å². The van der Waals surface area contributed by atoms with Gasteiger partial charge in [0.15, 0.2) is 11.6 Å². The molecular formula is C22H35N7. The van der Waals surface area contributed by atoms with Crippen molar-refractivity contribution in [2.24, 2.45) is 10.9 Å². The van der Waals surface area contributed by atoms with Gasteiger partial charge in [0.05, 0.1) is 0 Å². The van der Waals surface area contributed by atoms with Crippen molar-refractivity contribution in [1.82, 2.24) is 30.1 Å². The first-order valence-corrected chi connectivity index (χ1v) is 11.3. The predicted octanol–water partition coefficient (Wildman–Crippen LogP) is 2.48. The molecule has 158 valence electrons. The minimum atomic E-state index is 0.512.